The van der Waals surface area contributed by atoms with E-state index in [4.69, 9.17) is 11.6 Å². The Bertz CT molecular complexity index is 509. The lowest BCUT2D eigenvalue weighted by Gasteiger charge is -2.05. The summed E-state index contributed by atoms with van der Waals surface area (Å²) in [4.78, 5) is 0. The minimum Gasteiger partial charge on any atom is -0.161 e. The van der Waals surface area contributed by atoms with Crippen molar-refractivity contribution in [1.82, 2.24) is 0 Å². The summed E-state index contributed by atoms with van der Waals surface area (Å²) in [7, 11) is 0. The van der Waals surface area contributed by atoms with Gasteiger partial charge in [0.2, 0.25) is 5.69 Å². The van der Waals surface area contributed by atoms with Gasteiger partial charge in [-0.05, 0) is 18.6 Å². The minimum atomic E-state index is 0.780. The van der Waals surface area contributed by atoms with Crippen LogP contribution in [0.4, 0.5) is 0 Å². The molecule has 1 heterocycles. The molecule has 0 unspecified atom stereocenters. The SMILES string of the molecule is Cc1cc(C)[n+](-c2ccccc2Cl)c(C)c1. The summed E-state index contributed by atoms with van der Waals surface area (Å²) in [6.07, 6.45) is 0. The fourth-order valence-electron chi connectivity index (χ4n) is 2.12. The van der Waals surface area contributed by atoms with Gasteiger partial charge in [-0.1, -0.05) is 23.7 Å². The molecule has 0 saturated heterocycles. The topological polar surface area (TPSA) is 3.88 Å². The molecule has 1 aromatic heterocycles. The first kappa shape index (κ1) is 11.2. The van der Waals surface area contributed by atoms with E-state index in [2.05, 4.69) is 37.5 Å². The maximum Gasteiger partial charge on any atom is 0.229 e. The van der Waals surface area contributed by atoms with E-state index < -0.39 is 0 Å². The second-order valence-electron chi connectivity index (χ2n) is 4.10. The van der Waals surface area contributed by atoms with E-state index >= 15 is 0 Å². The fraction of sp³-hybridized carbons (Fsp3) is 0.214. The van der Waals surface area contributed by atoms with Crippen molar-refractivity contribution in [2.45, 2.75) is 20.8 Å². The van der Waals surface area contributed by atoms with Crippen LogP contribution in [0.25, 0.3) is 5.69 Å². The molecular weight excluding hydrogens is 218 g/mol. The summed E-state index contributed by atoms with van der Waals surface area (Å²) in [5, 5.41) is 0.780. The lowest BCUT2D eigenvalue weighted by molar-refractivity contribution is -0.609. The number of rotatable bonds is 1. The van der Waals surface area contributed by atoms with Crippen LogP contribution >= 0.6 is 11.6 Å². The average molecular weight is 233 g/mol. The first-order valence-electron chi connectivity index (χ1n) is 5.34. The summed E-state index contributed by atoms with van der Waals surface area (Å²) in [6, 6.07) is 12.2. The van der Waals surface area contributed by atoms with E-state index in [1.54, 1.807) is 0 Å². The zero-order chi connectivity index (χ0) is 11.7. The van der Waals surface area contributed by atoms with Crippen LogP contribution in [0.3, 0.4) is 0 Å². The molecule has 2 rings (SSSR count). The number of pyridine rings is 1. The Hall–Kier alpha value is -1.34. The third kappa shape index (κ3) is 1.96. The highest BCUT2D eigenvalue weighted by atomic mass is 35.5. The number of aromatic nitrogens is 1. The number of hydrogen-bond acceptors (Lipinski definition) is 0. The first-order chi connectivity index (χ1) is 7.59. The summed E-state index contributed by atoms with van der Waals surface area (Å²) in [5.74, 6) is 0. The zero-order valence-corrected chi connectivity index (χ0v) is 10.5. The van der Waals surface area contributed by atoms with Crippen LogP contribution in [-0.2, 0) is 0 Å². The molecule has 0 bridgehead atoms. The lowest BCUT2D eigenvalue weighted by Crippen LogP contribution is -2.38. The van der Waals surface area contributed by atoms with E-state index in [0.29, 0.717) is 0 Å². The molecule has 0 radical (unpaired) electrons. The van der Waals surface area contributed by atoms with Gasteiger partial charge in [-0.2, -0.15) is 4.57 Å². The highest BCUT2D eigenvalue weighted by molar-refractivity contribution is 6.32. The predicted molar refractivity (Wildman–Crippen MR) is 67.2 cm³/mol. The lowest BCUT2D eigenvalue weighted by atomic mass is 10.2. The number of aryl methyl sites for hydroxylation is 3. The Kier molecular flexibility index (Phi) is 2.97. The van der Waals surface area contributed by atoms with Crippen molar-refractivity contribution in [2.24, 2.45) is 0 Å². The second-order valence-corrected chi connectivity index (χ2v) is 4.51. The monoisotopic (exact) mass is 232 g/mol. The third-order valence-corrected chi connectivity index (χ3v) is 2.99. The quantitative estimate of drug-likeness (QED) is 0.663. The molecule has 1 aromatic carbocycles. The Labute approximate surface area is 101 Å². The van der Waals surface area contributed by atoms with Crippen LogP contribution in [0.15, 0.2) is 36.4 Å². The van der Waals surface area contributed by atoms with Crippen LogP contribution in [0.2, 0.25) is 5.02 Å². The van der Waals surface area contributed by atoms with Crippen molar-refractivity contribution in [2.75, 3.05) is 0 Å². The summed E-state index contributed by atoms with van der Waals surface area (Å²) in [6.45, 7) is 6.31. The zero-order valence-electron chi connectivity index (χ0n) is 9.79. The molecule has 0 fully saturated rings. The standard InChI is InChI=1S/C14H15ClN/c1-10-8-11(2)16(12(3)9-10)14-7-5-4-6-13(14)15/h4-9H,1-3H3/q+1. The van der Waals surface area contributed by atoms with Gasteiger partial charge in [0.25, 0.3) is 0 Å². The van der Waals surface area contributed by atoms with Crippen molar-refractivity contribution in [1.29, 1.82) is 0 Å². The van der Waals surface area contributed by atoms with Crippen LogP contribution < -0.4 is 4.57 Å². The first-order valence-corrected chi connectivity index (χ1v) is 5.72. The molecule has 16 heavy (non-hydrogen) atoms. The Balaban J connectivity index is 2.70. The molecule has 82 valence electrons. The van der Waals surface area contributed by atoms with Crippen LogP contribution in [-0.4, -0.2) is 0 Å². The molecule has 0 aliphatic carbocycles. The maximum atomic E-state index is 6.22. The van der Waals surface area contributed by atoms with E-state index in [0.717, 1.165) is 10.7 Å². The summed E-state index contributed by atoms with van der Waals surface area (Å²) in [5.41, 5.74) is 4.72. The molecule has 0 saturated carbocycles. The van der Waals surface area contributed by atoms with Crippen molar-refractivity contribution in [3.05, 3.63) is 58.4 Å². The minimum absolute atomic E-state index is 0.780. The van der Waals surface area contributed by atoms with Crippen LogP contribution in [0.1, 0.15) is 17.0 Å². The van der Waals surface area contributed by atoms with Crippen molar-refractivity contribution >= 4 is 11.6 Å². The van der Waals surface area contributed by atoms with Crippen molar-refractivity contribution < 1.29 is 4.57 Å². The average Bonchev–Trinajstić information content (AvgIpc) is 2.19. The van der Waals surface area contributed by atoms with Gasteiger partial charge in [0, 0.05) is 32.0 Å². The van der Waals surface area contributed by atoms with Gasteiger partial charge in [0.1, 0.15) is 5.02 Å². The Morgan fingerprint density at radius 1 is 0.938 bits per heavy atom. The Morgan fingerprint density at radius 3 is 2.06 bits per heavy atom. The number of nitrogens with zero attached hydrogens (tertiary/aromatic N) is 1. The van der Waals surface area contributed by atoms with Gasteiger partial charge in [0.05, 0.1) is 0 Å². The molecule has 0 N–H and O–H groups in total. The molecule has 0 spiro atoms. The summed E-state index contributed by atoms with van der Waals surface area (Å²) < 4.78 is 2.18. The molecule has 2 aromatic rings. The van der Waals surface area contributed by atoms with E-state index in [-0.39, 0.29) is 0 Å². The number of benzene rings is 1. The van der Waals surface area contributed by atoms with Gasteiger partial charge in [-0.3, -0.25) is 0 Å². The molecule has 2 heteroatoms. The maximum absolute atomic E-state index is 6.22. The molecule has 0 amide bonds. The third-order valence-electron chi connectivity index (χ3n) is 2.67. The van der Waals surface area contributed by atoms with Crippen molar-refractivity contribution in [3.63, 3.8) is 0 Å². The van der Waals surface area contributed by atoms with E-state index in [9.17, 15) is 0 Å². The largest absolute Gasteiger partial charge is 0.229 e. The molecule has 0 aliphatic heterocycles. The van der Waals surface area contributed by atoms with Gasteiger partial charge < -0.3 is 0 Å². The number of hydrogen-bond donors (Lipinski definition) is 0. The second kappa shape index (κ2) is 4.26. The molecule has 0 atom stereocenters. The van der Waals surface area contributed by atoms with Crippen LogP contribution in [0, 0.1) is 20.8 Å². The molecule has 1 nitrogen and oxygen atoms in total. The van der Waals surface area contributed by atoms with Crippen molar-refractivity contribution in [3.8, 4) is 5.69 Å². The van der Waals surface area contributed by atoms with Gasteiger partial charge in [-0.25, -0.2) is 0 Å². The molecule has 0 aliphatic rings. The van der Waals surface area contributed by atoms with Gasteiger partial charge >= 0.3 is 0 Å². The Morgan fingerprint density at radius 2 is 1.50 bits per heavy atom. The van der Waals surface area contributed by atoms with Gasteiger partial charge in [0.15, 0.2) is 11.4 Å². The fourth-order valence-corrected chi connectivity index (χ4v) is 2.34. The number of halogens is 1. The predicted octanol–water partition coefficient (Wildman–Crippen LogP) is 3.54. The number of para-hydroxylation sites is 1. The highest BCUT2D eigenvalue weighted by Crippen LogP contribution is 2.16. The van der Waals surface area contributed by atoms with E-state index in [1.807, 2.05) is 24.3 Å². The normalized spacial score (nSPS) is 10.5. The van der Waals surface area contributed by atoms with E-state index in [1.165, 1.54) is 17.0 Å². The molecular formula is C14H15ClN+. The summed E-state index contributed by atoms with van der Waals surface area (Å²) >= 11 is 6.22. The smallest absolute Gasteiger partial charge is 0.161 e. The van der Waals surface area contributed by atoms with Gasteiger partial charge in [-0.15, -0.1) is 0 Å². The highest BCUT2D eigenvalue weighted by Gasteiger charge is 2.17. The van der Waals surface area contributed by atoms with Crippen LogP contribution in [0.5, 0.6) is 0 Å².